The average molecular weight is 366 g/mol. The summed E-state index contributed by atoms with van der Waals surface area (Å²) in [5.74, 6) is -0.819. The molecule has 0 unspecified atom stereocenters. The molecule has 1 aliphatic heterocycles. The van der Waals surface area contributed by atoms with Gasteiger partial charge < -0.3 is 19.7 Å². The SMILES string of the molecule is CCOC(=O)C1=C(C)N([C@@H](C)COC)C(=S)N[C@H]1c1cccc(F)c1. The van der Waals surface area contributed by atoms with Crippen molar-refractivity contribution in [3.63, 3.8) is 0 Å². The van der Waals surface area contributed by atoms with Crippen LogP contribution in [0.4, 0.5) is 4.39 Å². The monoisotopic (exact) mass is 366 g/mol. The van der Waals surface area contributed by atoms with Gasteiger partial charge in [-0.25, -0.2) is 9.18 Å². The van der Waals surface area contributed by atoms with Crippen molar-refractivity contribution in [3.8, 4) is 0 Å². The topological polar surface area (TPSA) is 50.8 Å². The van der Waals surface area contributed by atoms with Crippen molar-refractivity contribution in [3.05, 3.63) is 46.9 Å². The number of carbonyl (C=O) groups excluding carboxylic acids is 1. The highest BCUT2D eigenvalue weighted by atomic mass is 32.1. The lowest BCUT2D eigenvalue weighted by Gasteiger charge is -2.40. The van der Waals surface area contributed by atoms with Crippen molar-refractivity contribution in [2.45, 2.75) is 32.9 Å². The summed E-state index contributed by atoms with van der Waals surface area (Å²) in [5.41, 5.74) is 1.72. The molecule has 2 atom stereocenters. The van der Waals surface area contributed by atoms with E-state index < -0.39 is 12.0 Å². The number of rotatable bonds is 6. The summed E-state index contributed by atoms with van der Waals surface area (Å²) in [6.45, 7) is 6.21. The van der Waals surface area contributed by atoms with Gasteiger partial charge in [-0.05, 0) is 50.7 Å². The first-order valence-corrected chi connectivity index (χ1v) is 8.53. The normalized spacial score (nSPS) is 18.8. The van der Waals surface area contributed by atoms with Crippen LogP contribution in [0.1, 0.15) is 32.4 Å². The Kier molecular flexibility index (Phi) is 6.50. The molecule has 25 heavy (non-hydrogen) atoms. The fraction of sp³-hybridized carbons (Fsp3) is 0.444. The van der Waals surface area contributed by atoms with E-state index in [1.54, 1.807) is 26.2 Å². The van der Waals surface area contributed by atoms with Gasteiger partial charge in [-0.15, -0.1) is 0 Å². The molecule has 1 heterocycles. The molecule has 0 aliphatic carbocycles. The number of hydrogen-bond acceptors (Lipinski definition) is 4. The van der Waals surface area contributed by atoms with Gasteiger partial charge in [-0.3, -0.25) is 0 Å². The smallest absolute Gasteiger partial charge is 0.338 e. The Labute approximate surface area is 152 Å². The number of benzene rings is 1. The number of thiocarbonyl (C=S) groups is 1. The molecular weight excluding hydrogens is 343 g/mol. The van der Waals surface area contributed by atoms with E-state index in [0.29, 0.717) is 28.6 Å². The zero-order valence-corrected chi connectivity index (χ0v) is 15.7. The second-order valence-corrected chi connectivity index (χ2v) is 6.22. The molecule has 0 bridgehead atoms. The number of methoxy groups -OCH3 is 1. The van der Waals surface area contributed by atoms with E-state index in [1.165, 1.54) is 12.1 Å². The van der Waals surface area contributed by atoms with Crippen LogP contribution in [-0.2, 0) is 14.3 Å². The lowest BCUT2D eigenvalue weighted by atomic mass is 9.94. The van der Waals surface area contributed by atoms with E-state index in [0.717, 1.165) is 0 Å². The summed E-state index contributed by atoms with van der Waals surface area (Å²) in [6, 6.07) is 5.48. The molecule has 1 aromatic rings. The predicted molar refractivity (Wildman–Crippen MR) is 97.4 cm³/mol. The number of ether oxygens (including phenoxy) is 2. The van der Waals surface area contributed by atoms with Crippen LogP contribution in [0.25, 0.3) is 0 Å². The van der Waals surface area contributed by atoms with Crippen LogP contribution in [0.3, 0.4) is 0 Å². The van der Waals surface area contributed by atoms with Crippen molar-refractivity contribution in [1.29, 1.82) is 0 Å². The molecule has 0 aromatic heterocycles. The predicted octanol–water partition coefficient (Wildman–Crippen LogP) is 2.93. The van der Waals surface area contributed by atoms with Gasteiger partial charge in [0, 0.05) is 12.8 Å². The van der Waals surface area contributed by atoms with Crippen LogP contribution in [-0.4, -0.2) is 42.3 Å². The van der Waals surface area contributed by atoms with E-state index in [9.17, 15) is 9.18 Å². The third-order valence-electron chi connectivity index (χ3n) is 4.05. The highest BCUT2D eigenvalue weighted by Gasteiger charge is 2.36. The van der Waals surface area contributed by atoms with Gasteiger partial charge in [-0.2, -0.15) is 0 Å². The standard InChI is InChI=1S/C18H23FN2O3S/c1-5-24-17(22)15-12(3)21(11(2)10-23-4)18(25)20-16(15)13-7-6-8-14(19)9-13/h6-9,11,16H,5,10H2,1-4H3,(H,20,25)/t11-,16-/m0/s1. The van der Waals surface area contributed by atoms with Crippen LogP contribution < -0.4 is 5.32 Å². The van der Waals surface area contributed by atoms with Gasteiger partial charge in [0.2, 0.25) is 0 Å². The molecule has 5 nitrogen and oxygen atoms in total. The Bertz CT molecular complexity index is 693. The summed E-state index contributed by atoms with van der Waals surface area (Å²) in [5, 5.41) is 3.61. The summed E-state index contributed by atoms with van der Waals surface area (Å²) in [6.07, 6.45) is 0. The number of nitrogens with one attached hydrogen (secondary N) is 1. The second-order valence-electron chi connectivity index (χ2n) is 5.83. The molecule has 2 rings (SSSR count). The first kappa shape index (κ1) is 19.3. The zero-order valence-electron chi connectivity index (χ0n) is 14.8. The average Bonchev–Trinajstić information content (AvgIpc) is 2.54. The van der Waals surface area contributed by atoms with E-state index in [1.807, 2.05) is 18.7 Å². The molecule has 136 valence electrons. The Balaban J connectivity index is 2.53. The third-order valence-corrected chi connectivity index (χ3v) is 4.37. The lowest BCUT2D eigenvalue weighted by molar-refractivity contribution is -0.139. The largest absolute Gasteiger partial charge is 0.463 e. The van der Waals surface area contributed by atoms with Crippen LogP contribution in [0.2, 0.25) is 0 Å². The molecule has 7 heteroatoms. The Morgan fingerprint density at radius 3 is 2.80 bits per heavy atom. The summed E-state index contributed by atoms with van der Waals surface area (Å²) in [7, 11) is 1.61. The van der Waals surface area contributed by atoms with Gasteiger partial charge in [0.15, 0.2) is 5.11 Å². The van der Waals surface area contributed by atoms with Gasteiger partial charge in [0.05, 0.1) is 30.9 Å². The summed E-state index contributed by atoms with van der Waals surface area (Å²) < 4.78 is 24.1. The van der Waals surface area contributed by atoms with E-state index in [4.69, 9.17) is 21.7 Å². The van der Waals surface area contributed by atoms with E-state index >= 15 is 0 Å². The maximum absolute atomic E-state index is 13.7. The highest BCUT2D eigenvalue weighted by Crippen LogP contribution is 2.32. The Hall–Kier alpha value is -1.99. The Morgan fingerprint density at radius 2 is 2.20 bits per heavy atom. The molecule has 0 saturated carbocycles. The molecule has 0 fully saturated rings. The quantitative estimate of drug-likeness (QED) is 0.617. The molecular formula is C18H23FN2O3S. The molecule has 1 aromatic carbocycles. The van der Waals surface area contributed by atoms with Gasteiger partial charge in [0.1, 0.15) is 5.82 Å². The van der Waals surface area contributed by atoms with Crippen LogP contribution in [0.15, 0.2) is 35.5 Å². The molecule has 1 aliphatic rings. The second kappa shape index (κ2) is 8.40. The summed E-state index contributed by atoms with van der Waals surface area (Å²) >= 11 is 5.49. The Morgan fingerprint density at radius 1 is 1.48 bits per heavy atom. The minimum Gasteiger partial charge on any atom is -0.463 e. The first-order valence-electron chi connectivity index (χ1n) is 8.12. The molecule has 0 amide bonds. The fourth-order valence-electron chi connectivity index (χ4n) is 3.01. The zero-order chi connectivity index (χ0) is 18.6. The van der Waals surface area contributed by atoms with Gasteiger partial charge in [0.25, 0.3) is 0 Å². The number of nitrogens with zero attached hydrogens (tertiary/aromatic N) is 1. The van der Waals surface area contributed by atoms with E-state index in [-0.39, 0.29) is 18.5 Å². The summed E-state index contributed by atoms with van der Waals surface area (Å²) in [4.78, 5) is 14.4. The number of halogens is 1. The number of carbonyl (C=O) groups is 1. The molecule has 0 saturated heterocycles. The van der Waals surface area contributed by atoms with Crippen LogP contribution in [0, 0.1) is 5.82 Å². The minimum absolute atomic E-state index is 0.0668. The highest BCUT2D eigenvalue weighted by molar-refractivity contribution is 7.80. The fourth-order valence-corrected chi connectivity index (χ4v) is 3.45. The van der Waals surface area contributed by atoms with E-state index in [2.05, 4.69) is 5.32 Å². The van der Waals surface area contributed by atoms with Crippen molar-refractivity contribution < 1.29 is 18.7 Å². The van der Waals surface area contributed by atoms with Gasteiger partial charge in [-0.1, -0.05) is 12.1 Å². The molecule has 0 spiro atoms. The number of allylic oxidation sites excluding steroid dienone is 1. The number of esters is 1. The maximum Gasteiger partial charge on any atom is 0.338 e. The van der Waals surface area contributed by atoms with Gasteiger partial charge >= 0.3 is 5.97 Å². The number of hydrogen-bond donors (Lipinski definition) is 1. The van der Waals surface area contributed by atoms with Crippen molar-refractivity contribution in [2.24, 2.45) is 0 Å². The van der Waals surface area contributed by atoms with Crippen LogP contribution >= 0.6 is 12.2 Å². The maximum atomic E-state index is 13.7. The third kappa shape index (κ3) is 4.16. The minimum atomic E-state index is -0.562. The molecule has 1 N–H and O–H groups in total. The van der Waals surface area contributed by atoms with Crippen LogP contribution in [0.5, 0.6) is 0 Å². The van der Waals surface area contributed by atoms with Crippen molar-refractivity contribution in [2.75, 3.05) is 20.3 Å². The van der Waals surface area contributed by atoms with Crippen molar-refractivity contribution in [1.82, 2.24) is 10.2 Å². The lowest BCUT2D eigenvalue weighted by Crippen LogP contribution is -2.52. The first-order chi connectivity index (χ1) is 11.9. The van der Waals surface area contributed by atoms with Crippen molar-refractivity contribution >= 4 is 23.3 Å². The molecule has 0 radical (unpaired) electrons.